The van der Waals surface area contributed by atoms with Gasteiger partial charge < -0.3 is 15.0 Å². The molecule has 2 aromatic heterocycles. The summed E-state index contributed by atoms with van der Waals surface area (Å²) < 4.78 is 7.13. The highest BCUT2D eigenvalue weighted by molar-refractivity contribution is 7.13. The minimum atomic E-state index is -0.522. The maximum atomic E-state index is 12.9. The number of nitrogens with zero attached hydrogens (tertiary/aromatic N) is 4. The predicted octanol–water partition coefficient (Wildman–Crippen LogP) is 4.13. The molecule has 0 spiro atoms. The summed E-state index contributed by atoms with van der Waals surface area (Å²) in [6.07, 6.45) is 0.996. The third-order valence-electron chi connectivity index (χ3n) is 5.03. The van der Waals surface area contributed by atoms with Gasteiger partial charge in [0.1, 0.15) is 5.60 Å². The average molecular weight is 454 g/mol. The molecular weight excluding hydrogens is 426 g/mol. The van der Waals surface area contributed by atoms with Gasteiger partial charge in [0.05, 0.1) is 10.6 Å². The van der Waals surface area contributed by atoms with Crippen LogP contribution in [0.25, 0.3) is 16.4 Å². The molecule has 168 valence electrons. The fourth-order valence-electron chi connectivity index (χ4n) is 3.51. The van der Waals surface area contributed by atoms with Gasteiger partial charge in [0.25, 0.3) is 5.91 Å². The number of ether oxygens (including phenoxy) is 1. The average Bonchev–Trinajstić information content (AvgIpc) is 3.43. The zero-order chi connectivity index (χ0) is 22.7. The molecule has 1 fully saturated rings. The normalized spacial score (nSPS) is 14.9. The van der Waals surface area contributed by atoms with E-state index in [1.165, 1.54) is 0 Å². The van der Waals surface area contributed by atoms with Crippen LogP contribution in [0.3, 0.4) is 0 Å². The number of amides is 2. The minimum absolute atomic E-state index is 0.0463. The van der Waals surface area contributed by atoms with Gasteiger partial charge in [-0.05, 0) is 57.2 Å². The van der Waals surface area contributed by atoms with Gasteiger partial charge in [0, 0.05) is 19.1 Å². The van der Waals surface area contributed by atoms with Crippen LogP contribution in [0.15, 0.2) is 47.8 Å². The van der Waals surface area contributed by atoms with Crippen molar-refractivity contribution >= 4 is 23.3 Å². The molecular formula is C23H27N5O3S. The number of carbonyl (C=O) groups is 2. The lowest BCUT2D eigenvalue weighted by molar-refractivity contribution is 0.0199. The summed E-state index contributed by atoms with van der Waals surface area (Å²) in [5, 5.41) is 9.50. The Morgan fingerprint density at radius 1 is 1.09 bits per heavy atom. The molecule has 3 heterocycles. The number of rotatable bonds is 4. The van der Waals surface area contributed by atoms with Crippen LogP contribution >= 0.6 is 11.3 Å². The summed E-state index contributed by atoms with van der Waals surface area (Å²) in [5.74, 6) is 0.455. The predicted molar refractivity (Wildman–Crippen MR) is 123 cm³/mol. The molecule has 0 unspecified atom stereocenters. The second-order valence-corrected chi connectivity index (χ2v) is 9.65. The molecule has 1 aromatic carbocycles. The van der Waals surface area contributed by atoms with E-state index in [9.17, 15) is 9.59 Å². The van der Waals surface area contributed by atoms with Crippen LogP contribution in [-0.4, -0.2) is 56.4 Å². The highest BCUT2D eigenvalue weighted by atomic mass is 32.1. The maximum absolute atomic E-state index is 12.9. The van der Waals surface area contributed by atoms with Crippen molar-refractivity contribution in [3.05, 3.63) is 53.7 Å². The first kappa shape index (κ1) is 22.0. The Hall–Kier alpha value is -3.20. The molecule has 1 saturated heterocycles. The molecule has 1 N–H and O–H groups in total. The number of likely N-dealkylation sites (tertiary alicyclic amines) is 1. The third kappa shape index (κ3) is 5.16. The zero-order valence-corrected chi connectivity index (χ0v) is 19.3. The summed E-state index contributed by atoms with van der Waals surface area (Å²) >= 11 is 1.55. The second kappa shape index (κ2) is 9.12. The van der Waals surface area contributed by atoms with Gasteiger partial charge in [0.15, 0.2) is 5.82 Å². The molecule has 8 nitrogen and oxygen atoms in total. The summed E-state index contributed by atoms with van der Waals surface area (Å²) in [6, 6.07) is 13.5. The molecule has 0 aliphatic carbocycles. The number of hydrogen-bond donors (Lipinski definition) is 1. The number of benzene rings is 1. The third-order valence-corrected chi connectivity index (χ3v) is 5.90. The largest absolute Gasteiger partial charge is 0.444 e. The Morgan fingerprint density at radius 2 is 1.81 bits per heavy atom. The van der Waals surface area contributed by atoms with Crippen molar-refractivity contribution in [2.24, 2.45) is 0 Å². The number of nitrogens with one attached hydrogen (secondary N) is 1. The monoisotopic (exact) mass is 453 g/mol. The number of para-hydroxylation sites is 1. The molecule has 1 aliphatic heterocycles. The highest BCUT2D eigenvalue weighted by Gasteiger charge is 2.28. The van der Waals surface area contributed by atoms with Crippen LogP contribution in [0.5, 0.6) is 0 Å². The Morgan fingerprint density at radius 3 is 2.44 bits per heavy atom. The first-order valence-corrected chi connectivity index (χ1v) is 11.5. The zero-order valence-electron chi connectivity index (χ0n) is 18.4. The number of piperidine rings is 1. The van der Waals surface area contributed by atoms with E-state index in [-0.39, 0.29) is 23.9 Å². The number of aromatic nitrogens is 3. The number of carbonyl (C=O) groups excluding carboxylic acids is 2. The van der Waals surface area contributed by atoms with Crippen LogP contribution in [0.1, 0.15) is 44.2 Å². The Labute approximate surface area is 191 Å². The topological polar surface area (TPSA) is 89.4 Å². The molecule has 0 saturated carbocycles. The SMILES string of the molecule is CC(C)(C)OC(=O)N1CCC(NC(=O)c2nc(-c3cccs3)n(-c3ccccc3)n2)CC1. The molecule has 2 amide bonds. The van der Waals surface area contributed by atoms with Crippen LogP contribution in [0.2, 0.25) is 0 Å². The van der Waals surface area contributed by atoms with E-state index < -0.39 is 5.60 Å². The van der Waals surface area contributed by atoms with E-state index in [1.807, 2.05) is 68.6 Å². The smallest absolute Gasteiger partial charge is 0.410 e. The summed E-state index contributed by atoms with van der Waals surface area (Å²) in [4.78, 5) is 32.3. The fraction of sp³-hybridized carbons (Fsp3) is 0.391. The van der Waals surface area contributed by atoms with Crippen LogP contribution < -0.4 is 5.32 Å². The van der Waals surface area contributed by atoms with Crippen LogP contribution in [0, 0.1) is 0 Å². The quantitative estimate of drug-likeness (QED) is 0.642. The molecule has 1 aliphatic rings. The maximum Gasteiger partial charge on any atom is 0.410 e. The Bertz CT molecular complexity index is 1070. The van der Waals surface area contributed by atoms with Crippen LogP contribution in [-0.2, 0) is 4.74 Å². The first-order chi connectivity index (χ1) is 15.3. The van der Waals surface area contributed by atoms with Gasteiger partial charge in [-0.2, -0.15) is 0 Å². The van der Waals surface area contributed by atoms with Gasteiger partial charge in [-0.25, -0.2) is 14.5 Å². The van der Waals surface area contributed by atoms with E-state index in [1.54, 1.807) is 20.9 Å². The summed E-state index contributed by atoms with van der Waals surface area (Å²) in [6.45, 7) is 6.62. The van der Waals surface area contributed by atoms with Gasteiger partial charge in [-0.1, -0.05) is 24.3 Å². The first-order valence-electron chi connectivity index (χ1n) is 10.7. The lowest BCUT2D eigenvalue weighted by Crippen LogP contribution is -2.48. The van der Waals surface area contributed by atoms with Gasteiger partial charge >= 0.3 is 6.09 Å². The van der Waals surface area contributed by atoms with Crippen molar-refractivity contribution in [2.45, 2.75) is 45.3 Å². The van der Waals surface area contributed by atoms with E-state index >= 15 is 0 Å². The van der Waals surface area contributed by atoms with Crippen molar-refractivity contribution in [1.82, 2.24) is 25.0 Å². The van der Waals surface area contributed by atoms with Crippen molar-refractivity contribution in [1.29, 1.82) is 0 Å². The second-order valence-electron chi connectivity index (χ2n) is 8.70. The van der Waals surface area contributed by atoms with E-state index in [4.69, 9.17) is 4.74 Å². The van der Waals surface area contributed by atoms with Crippen LogP contribution in [0.4, 0.5) is 4.79 Å². The van der Waals surface area contributed by atoms with E-state index in [0.29, 0.717) is 31.8 Å². The van der Waals surface area contributed by atoms with Gasteiger partial charge in [-0.15, -0.1) is 16.4 Å². The molecule has 4 rings (SSSR count). The molecule has 0 bridgehead atoms. The van der Waals surface area contributed by atoms with Crippen molar-refractivity contribution in [3.63, 3.8) is 0 Å². The summed E-state index contributed by atoms with van der Waals surface area (Å²) in [7, 11) is 0. The molecule has 32 heavy (non-hydrogen) atoms. The molecule has 0 atom stereocenters. The lowest BCUT2D eigenvalue weighted by atomic mass is 10.1. The highest BCUT2D eigenvalue weighted by Crippen LogP contribution is 2.25. The Kier molecular flexibility index (Phi) is 6.27. The molecule has 0 radical (unpaired) electrons. The van der Waals surface area contributed by atoms with E-state index in [0.717, 1.165) is 10.6 Å². The van der Waals surface area contributed by atoms with Crippen molar-refractivity contribution in [3.8, 4) is 16.4 Å². The summed E-state index contributed by atoms with van der Waals surface area (Å²) in [5.41, 5.74) is 0.319. The standard InChI is InChI=1S/C23H27N5O3S/c1-23(2,3)31-22(30)27-13-11-16(12-14-27)24-21(29)19-25-20(18-10-7-15-32-18)28(26-19)17-8-5-4-6-9-17/h4-10,15-16H,11-14H2,1-3H3,(H,24,29). The Balaban J connectivity index is 1.44. The van der Waals surface area contributed by atoms with E-state index in [2.05, 4.69) is 15.4 Å². The minimum Gasteiger partial charge on any atom is -0.444 e. The number of hydrogen-bond acceptors (Lipinski definition) is 6. The fourth-order valence-corrected chi connectivity index (χ4v) is 4.20. The van der Waals surface area contributed by atoms with Crippen molar-refractivity contribution < 1.29 is 14.3 Å². The molecule has 3 aromatic rings. The van der Waals surface area contributed by atoms with Gasteiger partial charge in [0.2, 0.25) is 5.82 Å². The van der Waals surface area contributed by atoms with Crippen molar-refractivity contribution in [2.75, 3.05) is 13.1 Å². The van der Waals surface area contributed by atoms with Gasteiger partial charge in [-0.3, -0.25) is 4.79 Å². The lowest BCUT2D eigenvalue weighted by Gasteiger charge is -2.33. The molecule has 9 heteroatoms. The number of thiophene rings is 1.